The van der Waals surface area contributed by atoms with E-state index in [0.717, 1.165) is 37.0 Å². The van der Waals surface area contributed by atoms with Crippen LogP contribution in [0.3, 0.4) is 0 Å². The van der Waals surface area contributed by atoms with Gasteiger partial charge < -0.3 is 14.7 Å². The van der Waals surface area contributed by atoms with Gasteiger partial charge in [-0.1, -0.05) is 37.2 Å². The van der Waals surface area contributed by atoms with Crippen molar-refractivity contribution in [2.24, 2.45) is 11.3 Å². The molecule has 3 rings (SSSR count). The molecule has 2 atom stereocenters. The van der Waals surface area contributed by atoms with Gasteiger partial charge in [0.25, 0.3) is 5.91 Å². The van der Waals surface area contributed by atoms with E-state index in [1.54, 1.807) is 17.0 Å². The van der Waals surface area contributed by atoms with Crippen molar-refractivity contribution in [1.29, 1.82) is 0 Å². The number of hydrogen-bond acceptors (Lipinski definition) is 4. The number of hydrogen-bond donors (Lipinski definition) is 1. The molecule has 2 heterocycles. The monoisotopic (exact) mass is 429 g/mol. The normalized spacial score (nSPS) is 23.0. The Morgan fingerprint density at radius 1 is 1.37 bits per heavy atom. The Morgan fingerprint density at radius 2 is 2.07 bits per heavy atom. The van der Waals surface area contributed by atoms with Crippen LogP contribution in [0.2, 0.25) is 0 Å². The number of carboxylic acids is 1. The summed E-state index contributed by atoms with van der Waals surface area (Å²) < 4.78 is 5.91. The molecule has 1 aromatic rings. The molecule has 2 fully saturated rings. The van der Waals surface area contributed by atoms with E-state index in [1.165, 1.54) is 6.42 Å². The van der Waals surface area contributed by atoms with Crippen LogP contribution in [-0.4, -0.2) is 35.7 Å². The van der Waals surface area contributed by atoms with E-state index in [2.05, 4.69) is 18.4 Å². The maximum Gasteiger partial charge on any atom is 0.348 e. The molecule has 1 amide bonds. The average Bonchev–Trinajstić information content (AvgIpc) is 3.12. The van der Waals surface area contributed by atoms with Crippen LogP contribution >= 0.6 is 11.3 Å². The summed E-state index contributed by atoms with van der Waals surface area (Å²) in [4.78, 5) is 28.0. The lowest BCUT2D eigenvalue weighted by Gasteiger charge is -2.43. The van der Waals surface area contributed by atoms with Crippen molar-refractivity contribution in [3.8, 4) is 11.8 Å². The summed E-state index contributed by atoms with van der Waals surface area (Å²) in [6.45, 7) is 10.2. The first-order valence-electron chi connectivity index (χ1n) is 10.7. The highest BCUT2D eigenvalue weighted by molar-refractivity contribution is 7.15. The summed E-state index contributed by atoms with van der Waals surface area (Å²) in [7, 11) is 0. The van der Waals surface area contributed by atoms with Crippen molar-refractivity contribution in [1.82, 2.24) is 0 Å². The van der Waals surface area contributed by atoms with Crippen LogP contribution in [0.1, 0.15) is 73.8 Å². The lowest BCUT2D eigenvalue weighted by Crippen LogP contribution is -2.57. The molecule has 5 nitrogen and oxygen atoms in total. The number of ether oxygens (including phenoxy) is 1. The van der Waals surface area contributed by atoms with E-state index in [1.807, 2.05) is 20.8 Å². The van der Waals surface area contributed by atoms with Crippen molar-refractivity contribution >= 4 is 28.9 Å². The molecular formula is C24H31NO4S. The molecular weight excluding hydrogens is 398 g/mol. The van der Waals surface area contributed by atoms with Gasteiger partial charge in [0.15, 0.2) is 0 Å². The van der Waals surface area contributed by atoms with Crippen LogP contribution in [0.5, 0.6) is 0 Å². The SMILES string of the molecule is C=CC[C@H]1OC[C@@H](C2CCCCC2)N(c2cc(C#CC(C)(C)C)sc2C(=O)O)C1=O. The van der Waals surface area contributed by atoms with E-state index in [-0.39, 0.29) is 22.2 Å². The third-order valence-corrected chi connectivity index (χ3v) is 6.64. The molecule has 0 aromatic carbocycles. The average molecular weight is 430 g/mol. The molecule has 1 aliphatic carbocycles. The molecule has 0 spiro atoms. The van der Waals surface area contributed by atoms with Crippen molar-refractivity contribution in [3.05, 3.63) is 28.5 Å². The molecule has 2 aliphatic rings. The van der Waals surface area contributed by atoms with E-state index in [9.17, 15) is 14.7 Å². The van der Waals surface area contributed by atoms with Crippen LogP contribution in [0.25, 0.3) is 0 Å². The van der Waals surface area contributed by atoms with E-state index in [4.69, 9.17) is 4.74 Å². The molecule has 1 saturated carbocycles. The Morgan fingerprint density at radius 3 is 2.67 bits per heavy atom. The summed E-state index contributed by atoms with van der Waals surface area (Å²) >= 11 is 1.14. The second-order valence-corrected chi connectivity index (χ2v) is 10.2. The van der Waals surface area contributed by atoms with Crippen molar-refractivity contribution in [3.63, 3.8) is 0 Å². The fourth-order valence-corrected chi connectivity index (χ4v) is 5.03. The van der Waals surface area contributed by atoms with Gasteiger partial charge in [-0.2, -0.15) is 0 Å². The van der Waals surface area contributed by atoms with Crippen LogP contribution in [0, 0.1) is 23.2 Å². The minimum Gasteiger partial charge on any atom is -0.477 e. The van der Waals surface area contributed by atoms with Gasteiger partial charge >= 0.3 is 5.97 Å². The van der Waals surface area contributed by atoms with Gasteiger partial charge in [0, 0.05) is 11.8 Å². The van der Waals surface area contributed by atoms with Crippen molar-refractivity contribution in [2.75, 3.05) is 11.5 Å². The number of carboxylic acid groups (broad SMARTS) is 1. The van der Waals surface area contributed by atoms with Crippen LogP contribution < -0.4 is 4.90 Å². The number of amides is 1. The molecule has 0 unspecified atom stereocenters. The standard InChI is InChI=1S/C24H31NO4S/c1-5-9-20-22(26)25(19(15-29-20)16-10-7-6-8-11-16)18-14-17(12-13-24(2,3)4)30-21(18)23(27)28/h5,14,16,19-20H,1,6-11,15H2,2-4H3,(H,27,28)/t19-,20+/m0/s1. The Labute approximate surface area is 183 Å². The van der Waals surface area contributed by atoms with Gasteiger partial charge in [0.05, 0.1) is 23.2 Å². The van der Waals surface area contributed by atoms with Gasteiger partial charge in [0.2, 0.25) is 0 Å². The number of anilines is 1. The molecule has 1 saturated heterocycles. The summed E-state index contributed by atoms with van der Waals surface area (Å²) in [5.74, 6) is 5.38. The van der Waals surface area contributed by atoms with Crippen molar-refractivity contribution < 1.29 is 19.4 Å². The van der Waals surface area contributed by atoms with Crippen molar-refractivity contribution in [2.45, 2.75) is 71.4 Å². The summed E-state index contributed by atoms with van der Waals surface area (Å²) in [5, 5.41) is 9.87. The number of carbonyl (C=O) groups is 2. The number of nitrogens with zero attached hydrogens (tertiary/aromatic N) is 1. The predicted molar refractivity (Wildman–Crippen MR) is 120 cm³/mol. The maximum atomic E-state index is 13.4. The fourth-order valence-electron chi connectivity index (χ4n) is 4.19. The number of thiophene rings is 1. The predicted octanol–water partition coefficient (Wildman–Crippen LogP) is 5.10. The van der Waals surface area contributed by atoms with E-state index >= 15 is 0 Å². The van der Waals surface area contributed by atoms with Crippen LogP contribution in [0.4, 0.5) is 5.69 Å². The fraction of sp³-hybridized carbons (Fsp3) is 0.583. The lowest BCUT2D eigenvalue weighted by molar-refractivity contribution is -0.137. The Kier molecular flexibility index (Phi) is 7.05. The smallest absolute Gasteiger partial charge is 0.348 e. The molecule has 1 aliphatic heterocycles. The Balaban J connectivity index is 2.04. The number of aromatic carboxylic acids is 1. The number of carbonyl (C=O) groups excluding carboxylic acids is 1. The number of morpholine rings is 1. The summed E-state index contributed by atoms with van der Waals surface area (Å²) in [5.41, 5.74) is 0.269. The number of rotatable bonds is 5. The molecule has 0 radical (unpaired) electrons. The van der Waals surface area contributed by atoms with Crippen LogP contribution in [-0.2, 0) is 9.53 Å². The van der Waals surface area contributed by atoms with E-state index in [0.29, 0.717) is 29.5 Å². The second kappa shape index (κ2) is 9.36. The molecule has 1 aromatic heterocycles. The Hall–Kier alpha value is -2.10. The first-order valence-corrected chi connectivity index (χ1v) is 11.5. The second-order valence-electron chi connectivity index (χ2n) is 9.15. The maximum absolute atomic E-state index is 13.4. The quantitative estimate of drug-likeness (QED) is 0.522. The molecule has 162 valence electrons. The highest BCUT2D eigenvalue weighted by Gasteiger charge is 2.42. The highest BCUT2D eigenvalue weighted by Crippen LogP contribution is 2.39. The van der Waals surface area contributed by atoms with Gasteiger partial charge in [0.1, 0.15) is 11.0 Å². The third kappa shape index (κ3) is 5.14. The molecule has 30 heavy (non-hydrogen) atoms. The third-order valence-electron chi connectivity index (χ3n) is 5.61. The van der Waals surface area contributed by atoms with Gasteiger partial charge in [-0.25, -0.2) is 4.79 Å². The summed E-state index contributed by atoms with van der Waals surface area (Å²) in [6, 6.07) is 1.63. The molecule has 0 bridgehead atoms. The van der Waals surface area contributed by atoms with Crippen LogP contribution in [0.15, 0.2) is 18.7 Å². The van der Waals surface area contributed by atoms with Gasteiger partial charge in [-0.15, -0.1) is 17.9 Å². The van der Waals surface area contributed by atoms with Gasteiger partial charge in [-0.05, 0) is 45.6 Å². The first kappa shape index (κ1) is 22.6. The minimum atomic E-state index is -1.03. The topological polar surface area (TPSA) is 66.8 Å². The highest BCUT2D eigenvalue weighted by atomic mass is 32.1. The summed E-state index contributed by atoms with van der Waals surface area (Å²) in [6.07, 6.45) is 7.02. The minimum absolute atomic E-state index is 0.144. The largest absolute Gasteiger partial charge is 0.477 e. The van der Waals surface area contributed by atoms with E-state index < -0.39 is 12.1 Å². The molecule has 1 N–H and O–H groups in total. The zero-order valence-electron chi connectivity index (χ0n) is 18.1. The Bertz CT molecular complexity index is 864. The zero-order chi connectivity index (χ0) is 21.9. The lowest BCUT2D eigenvalue weighted by atomic mass is 9.82. The zero-order valence-corrected chi connectivity index (χ0v) is 18.9. The van der Waals surface area contributed by atoms with Gasteiger partial charge in [-0.3, -0.25) is 4.79 Å². The first-order chi connectivity index (χ1) is 14.2. The molecule has 6 heteroatoms.